The second kappa shape index (κ2) is 4.69. The molecule has 2 unspecified atom stereocenters. The van der Waals surface area contributed by atoms with Crippen LogP contribution in [0.25, 0.3) is 0 Å². The fourth-order valence-electron chi connectivity index (χ4n) is 3.33. The van der Waals surface area contributed by atoms with Crippen LogP contribution in [-0.4, -0.2) is 23.5 Å². The highest BCUT2D eigenvalue weighted by molar-refractivity contribution is 5.19. The van der Waals surface area contributed by atoms with E-state index in [0.29, 0.717) is 0 Å². The summed E-state index contributed by atoms with van der Waals surface area (Å²) in [6.45, 7) is 8.40. The van der Waals surface area contributed by atoms with Crippen molar-refractivity contribution < 1.29 is 0 Å². The van der Waals surface area contributed by atoms with Crippen LogP contribution in [-0.2, 0) is 0 Å². The fraction of sp³-hybridized carbons (Fsp3) is 0.857. The van der Waals surface area contributed by atoms with Crippen molar-refractivity contribution in [3.8, 4) is 0 Å². The third-order valence-corrected chi connectivity index (χ3v) is 3.95. The summed E-state index contributed by atoms with van der Waals surface area (Å²) in [5, 5.41) is 0. The average molecular weight is 207 g/mol. The highest BCUT2D eigenvalue weighted by atomic mass is 15.2. The molecule has 0 spiro atoms. The predicted molar refractivity (Wildman–Crippen MR) is 66.0 cm³/mol. The van der Waals surface area contributed by atoms with E-state index in [4.69, 9.17) is 0 Å². The van der Waals surface area contributed by atoms with Gasteiger partial charge in [-0.25, -0.2) is 0 Å². The first-order valence-corrected chi connectivity index (χ1v) is 6.63. The summed E-state index contributed by atoms with van der Waals surface area (Å²) >= 11 is 0. The van der Waals surface area contributed by atoms with Gasteiger partial charge in [-0.15, -0.1) is 0 Å². The Morgan fingerprint density at radius 1 is 1.40 bits per heavy atom. The number of allylic oxidation sites excluding steroid dienone is 1. The van der Waals surface area contributed by atoms with Crippen LogP contribution < -0.4 is 0 Å². The standard InChI is InChI=1S/C14H25N/c1-11(2)10-12(3)15-9-8-13-6-4-5-7-14(13)15/h6,11-12,14H,4-5,7-10H2,1-3H3. The molecule has 2 atom stereocenters. The van der Waals surface area contributed by atoms with E-state index in [0.717, 1.165) is 18.0 Å². The lowest BCUT2D eigenvalue weighted by Gasteiger charge is -2.33. The fourth-order valence-corrected chi connectivity index (χ4v) is 3.33. The molecule has 0 saturated carbocycles. The van der Waals surface area contributed by atoms with E-state index in [1.165, 1.54) is 38.6 Å². The molecular weight excluding hydrogens is 182 g/mol. The van der Waals surface area contributed by atoms with Gasteiger partial charge in [0, 0.05) is 18.6 Å². The molecule has 2 rings (SSSR count). The normalized spacial score (nSPS) is 29.1. The average Bonchev–Trinajstić information content (AvgIpc) is 2.59. The van der Waals surface area contributed by atoms with Gasteiger partial charge in [-0.05, 0) is 44.9 Å². The van der Waals surface area contributed by atoms with Gasteiger partial charge in [-0.1, -0.05) is 25.5 Å². The first-order chi connectivity index (χ1) is 7.18. The zero-order valence-corrected chi connectivity index (χ0v) is 10.5. The highest BCUT2D eigenvalue weighted by Crippen LogP contribution is 2.34. The quantitative estimate of drug-likeness (QED) is 0.639. The molecule has 1 aliphatic carbocycles. The smallest absolute Gasteiger partial charge is 0.0311 e. The summed E-state index contributed by atoms with van der Waals surface area (Å²) in [7, 11) is 0. The second-order valence-electron chi connectivity index (χ2n) is 5.69. The molecule has 2 aliphatic rings. The summed E-state index contributed by atoms with van der Waals surface area (Å²) in [6.07, 6.45) is 9.35. The van der Waals surface area contributed by atoms with Gasteiger partial charge in [0.2, 0.25) is 0 Å². The minimum Gasteiger partial charge on any atom is -0.294 e. The number of nitrogens with zero attached hydrogens (tertiary/aromatic N) is 1. The summed E-state index contributed by atoms with van der Waals surface area (Å²) in [5.41, 5.74) is 1.75. The molecule has 0 N–H and O–H groups in total. The number of fused-ring (bicyclic) bond motifs is 1. The van der Waals surface area contributed by atoms with Crippen molar-refractivity contribution in [3.63, 3.8) is 0 Å². The van der Waals surface area contributed by atoms with E-state index in [-0.39, 0.29) is 0 Å². The zero-order valence-electron chi connectivity index (χ0n) is 10.5. The van der Waals surface area contributed by atoms with E-state index >= 15 is 0 Å². The lowest BCUT2D eigenvalue weighted by molar-refractivity contribution is 0.171. The molecule has 1 heteroatoms. The Morgan fingerprint density at radius 2 is 2.20 bits per heavy atom. The van der Waals surface area contributed by atoms with Gasteiger partial charge < -0.3 is 0 Å². The topological polar surface area (TPSA) is 3.24 Å². The summed E-state index contributed by atoms with van der Waals surface area (Å²) in [4.78, 5) is 2.75. The van der Waals surface area contributed by atoms with E-state index in [2.05, 4.69) is 31.7 Å². The SMILES string of the molecule is CC(C)CC(C)N1CCC2=CCCCC21. The van der Waals surface area contributed by atoms with E-state index in [1.54, 1.807) is 5.57 Å². The first kappa shape index (κ1) is 11.2. The van der Waals surface area contributed by atoms with Gasteiger partial charge >= 0.3 is 0 Å². The van der Waals surface area contributed by atoms with E-state index < -0.39 is 0 Å². The molecule has 0 aromatic heterocycles. The van der Waals surface area contributed by atoms with E-state index in [9.17, 15) is 0 Å². The third-order valence-electron chi connectivity index (χ3n) is 3.95. The van der Waals surface area contributed by atoms with Gasteiger partial charge in [-0.3, -0.25) is 4.90 Å². The molecule has 1 fully saturated rings. The maximum absolute atomic E-state index is 2.75. The molecule has 0 aromatic carbocycles. The minimum atomic E-state index is 0.777. The summed E-state index contributed by atoms with van der Waals surface area (Å²) < 4.78 is 0. The lowest BCUT2D eigenvalue weighted by atomic mass is 9.93. The second-order valence-corrected chi connectivity index (χ2v) is 5.69. The first-order valence-electron chi connectivity index (χ1n) is 6.63. The Morgan fingerprint density at radius 3 is 2.93 bits per heavy atom. The van der Waals surface area contributed by atoms with Crippen LogP contribution in [0.3, 0.4) is 0 Å². The number of hydrogen-bond acceptors (Lipinski definition) is 1. The van der Waals surface area contributed by atoms with Crippen LogP contribution in [0.1, 0.15) is 52.9 Å². The molecule has 0 amide bonds. The van der Waals surface area contributed by atoms with Crippen molar-refractivity contribution in [3.05, 3.63) is 11.6 Å². The van der Waals surface area contributed by atoms with Crippen LogP contribution in [0.2, 0.25) is 0 Å². The molecule has 1 nitrogen and oxygen atoms in total. The molecule has 1 aliphatic heterocycles. The van der Waals surface area contributed by atoms with Crippen molar-refractivity contribution in [2.24, 2.45) is 5.92 Å². The molecule has 0 bridgehead atoms. The molecular formula is C14H25N. The predicted octanol–water partition coefficient (Wildman–Crippen LogP) is 3.61. The van der Waals surface area contributed by atoms with Crippen molar-refractivity contribution in [1.29, 1.82) is 0 Å². The van der Waals surface area contributed by atoms with Crippen LogP contribution >= 0.6 is 0 Å². The molecule has 0 radical (unpaired) electrons. The summed E-state index contributed by atoms with van der Waals surface area (Å²) in [6, 6.07) is 1.59. The van der Waals surface area contributed by atoms with Crippen molar-refractivity contribution in [1.82, 2.24) is 4.90 Å². The molecule has 86 valence electrons. The van der Waals surface area contributed by atoms with Gasteiger partial charge in [-0.2, -0.15) is 0 Å². The lowest BCUT2D eigenvalue weighted by Crippen LogP contribution is -2.39. The van der Waals surface area contributed by atoms with Gasteiger partial charge in [0.1, 0.15) is 0 Å². The van der Waals surface area contributed by atoms with E-state index in [1.807, 2.05) is 0 Å². The zero-order chi connectivity index (χ0) is 10.8. The third kappa shape index (κ3) is 2.44. The Balaban J connectivity index is 1.98. The maximum atomic E-state index is 2.75. The number of hydrogen-bond donors (Lipinski definition) is 0. The van der Waals surface area contributed by atoms with Crippen molar-refractivity contribution in [2.45, 2.75) is 65.0 Å². The van der Waals surface area contributed by atoms with Crippen LogP contribution in [0.4, 0.5) is 0 Å². The number of likely N-dealkylation sites (tertiary alicyclic amines) is 1. The van der Waals surface area contributed by atoms with Crippen molar-refractivity contribution in [2.75, 3.05) is 6.54 Å². The van der Waals surface area contributed by atoms with Crippen LogP contribution in [0.5, 0.6) is 0 Å². The van der Waals surface area contributed by atoms with Gasteiger partial charge in [0.25, 0.3) is 0 Å². The van der Waals surface area contributed by atoms with Crippen LogP contribution in [0.15, 0.2) is 11.6 Å². The van der Waals surface area contributed by atoms with Gasteiger partial charge in [0.15, 0.2) is 0 Å². The molecule has 1 saturated heterocycles. The molecule has 15 heavy (non-hydrogen) atoms. The molecule has 1 heterocycles. The monoisotopic (exact) mass is 207 g/mol. The Kier molecular flexibility index (Phi) is 3.50. The largest absolute Gasteiger partial charge is 0.294 e. The Hall–Kier alpha value is -0.300. The van der Waals surface area contributed by atoms with Gasteiger partial charge in [0.05, 0.1) is 0 Å². The van der Waals surface area contributed by atoms with Crippen LogP contribution in [0, 0.1) is 5.92 Å². The minimum absolute atomic E-state index is 0.777. The number of rotatable bonds is 3. The maximum Gasteiger partial charge on any atom is 0.0311 e. The molecule has 0 aromatic rings. The Bertz CT molecular complexity index is 242. The highest BCUT2D eigenvalue weighted by Gasteiger charge is 2.32. The summed E-state index contributed by atoms with van der Waals surface area (Å²) in [5.74, 6) is 0.830. The Labute approximate surface area is 94.5 Å². The van der Waals surface area contributed by atoms with Crippen molar-refractivity contribution >= 4 is 0 Å².